The molecule has 0 spiro atoms. The van der Waals surface area contributed by atoms with E-state index in [1.165, 1.54) is 0 Å². The van der Waals surface area contributed by atoms with Crippen LogP contribution >= 0.6 is 14.4 Å². The third-order valence-corrected chi connectivity index (χ3v) is 8.31. The summed E-state index contributed by atoms with van der Waals surface area (Å²) in [5, 5.41) is 26.0. The summed E-state index contributed by atoms with van der Waals surface area (Å²) in [6.07, 6.45) is 2.81. The average molecular weight is 320 g/mol. The number of rotatable bonds is 12. The molecule has 0 aliphatic heterocycles. The summed E-state index contributed by atoms with van der Waals surface area (Å²) >= 11 is 0. The van der Waals surface area contributed by atoms with Crippen LogP contribution in [0, 0.1) is 0 Å². The van der Waals surface area contributed by atoms with Crippen LogP contribution in [-0.2, 0) is 23.5 Å². The Morgan fingerprint density at radius 3 is 1.79 bits per heavy atom. The van der Waals surface area contributed by atoms with E-state index in [0.717, 1.165) is 12.8 Å². The first-order valence-corrected chi connectivity index (χ1v) is 9.99. The molecule has 0 amide bonds. The van der Waals surface area contributed by atoms with Gasteiger partial charge in [-0.15, -0.1) is 0 Å². The van der Waals surface area contributed by atoms with Crippen LogP contribution in [0.3, 0.4) is 0 Å². The van der Waals surface area contributed by atoms with E-state index in [1.807, 2.05) is 13.8 Å². The predicted octanol–water partition coefficient (Wildman–Crippen LogP) is 2.98. The van der Waals surface area contributed by atoms with Crippen molar-refractivity contribution in [2.75, 3.05) is 13.1 Å². The summed E-state index contributed by atoms with van der Waals surface area (Å²) < 4.78 is 31.6. The third-order valence-electron chi connectivity index (χ3n) is 2.46. The minimum absolute atomic E-state index is 0.195. The average Bonchev–Trinajstić information content (AvgIpc) is 2.39. The summed E-state index contributed by atoms with van der Waals surface area (Å²) in [6, 6.07) is 0. The van der Waals surface area contributed by atoms with E-state index >= 15 is 0 Å². The van der Waals surface area contributed by atoms with E-state index in [4.69, 9.17) is 10.5 Å². The molecular formula is C8H22N2O7P2. The molecule has 0 unspecified atom stereocenters. The van der Waals surface area contributed by atoms with Gasteiger partial charge in [-0.3, -0.25) is 0 Å². The fourth-order valence-electron chi connectivity index (χ4n) is 1.32. The normalized spacial score (nSPS) is 14.0. The molecule has 0 fully saturated rings. The summed E-state index contributed by atoms with van der Waals surface area (Å²) in [5.74, 6) is 0. The van der Waals surface area contributed by atoms with Crippen LogP contribution in [0.2, 0.25) is 0 Å². The summed E-state index contributed by atoms with van der Waals surface area (Å²) in [5.41, 5.74) is 0. The molecule has 116 valence electrons. The van der Waals surface area contributed by atoms with Crippen molar-refractivity contribution in [1.29, 1.82) is 0 Å². The molecule has 4 N–H and O–H groups in total. The van der Waals surface area contributed by atoms with Crippen molar-refractivity contribution in [3.63, 3.8) is 0 Å². The third kappa shape index (κ3) is 4.82. The van der Waals surface area contributed by atoms with Gasteiger partial charge < -0.3 is 0 Å². The van der Waals surface area contributed by atoms with Gasteiger partial charge in [0.2, 0.25) is 0 Å². The van der Waals surface area contributed by atoms with E-state index < -0.39 is 14.4 Å². The molecule has 11 heteroatoms. The maximum absolute atomic E-state index is 11.5. The molecule has 0 saturated heterocycles. The monoisotopic (exact) mass is 320 g/mol. The first kappa shape index (κ1) is 19.1. The van der Waals surface area contributed by atoms with Crippen molar-refractivity contribution in [1.82, 2.24) is 10.2 Å². The number of hydrogen-bond donors (Lipinski definition) is 4. The Morgan fingerprint density at radius 1 is 1.05 bits per heavy atom. The van der Waals surface area contributed by atoms with Crippen molar-refractivity contribution >= 4 is 14.4 Å². The standard InChI is InChI=1S/C8H22N2O7P2/c1-3-5-7-9-19(16-12,17-15-11,18(13)14)10-8-6-4-2/h9-12H,3-8H2,1-2H3. The Morgan fingerprint density at radius 2 is 1.53 bits per heavy atom. The zero-order valence-corrected chi connectivity index (χ0v) is 12.9. The quantitative estimate of drug-likeness (QED) is 0.186. The molecule has 9 nitrogen and oxygen atoms in total. The van der Waals surface area contributed by atoms with Crippen LogP contribution in [-0.4, -0.2) is 23.6 Å². The molecule has 0 aromatic carbocycles. The molecular weight excluding hydrogens is 298 g/mol. The second kappa shape index (κ2) is 9.07. The molecule has 0 rings (SSSR count). The molecule has 19 heavy (non-hydrogen) atoms. The Balaban J connectivity index is 5.19. The number of nitrogens with one attached hydrogen (secondary N) is 2. The Labute approximate surface area is 112 Å². The number of hydrogen-bond acceptors (Lipinski definition) is 9. The first-order chi connectivity index (χ1) is 9.01. The van der Waals surface area contributed by atoms with E-state index in [9.17, 15) is 9.13 Å². The van der Waals surface area contributed by atoms with Gasteiger partial charge in [0.25, 0.3) is 0 Å². The molecule has 0 aromatic rings. The van der Waals surface area contributed by atoms with Crippen molar-refractivity contribution in [2.24, 2.45) is 0 Å². The van der Waals surface area contributed by atoms with Crippen molar-refractivity contribution < 1.29 is 34.0 Å². The van der Waals surface area contributed by atoms with E-state index in [2.05, 4.69) is 24.6 Å². The van der Waals surface area contributed by atoms with E-state index in [1.54, 1.807) is 0 Å². The Bertz CT molecular complexity index is 308. The molecule has 0 heterocycles. The van der Waals surface area contributed by atoms with Crippen molar-refractivity contribution in [3.05, 3.63) is 0 Å². The SMILES string of the molecule is CCCCNP(NCCCC)(OO)(OOO)P(=O)=O. The summed E-state index contributed by atoms with van der Waals surface area (Å²) in [6.45, 7) is 4.20. The van der Waals surface area contributed by atoms with Crippen LogP contribution < -0.4 is 10.2 Å². The molecule has 0 aromatic heterocycles. The van der Waals surface area contributed by atoms with Gasteiger partial charge in [0.1, 0.15) is 0 Å². The van der Waals surface area contributed by atoms with Crippen LogP contribution in [0.1, 0.15) is 39.5 Å². The van der Waals surface area contributed by atoms with E-state index in [0.29, 0.717) is 12.8 Å². The first-order valence-electron chi connectivity index (χ1n) is 6.03. The second-order valence-electron chi connectivity index (χ2n) is 3.91. The zero-order valence-electron chi connectivity index (χ0n) is 11.1. The van der Waals surface area contributed by atoms with Crippen LogP contribution in [0.25, 0.3) is 0 Å². The van der Waals surface area contributed by atoms with Gasteiger partial charge in [-0.2, -0.15) is 0 Å². The fourth-order valence-corrected chi connectivity index (χ4v) is 4.98. The molecule has 0 aliphatic rings. The van der Waals surface area contributed by atoms with E-state index in [-0.39, 0.29) is 13.1 Å². The fraction of sp³-hybridized carbons (Fsp3) is 1.00. The second-order valence-corrected chi connectivity index (χ2v) is 10.3. The summed E-state index contributed by atoms with van der Waals surface area (Å²) in [7, 11) is -8.36. The van der Waals surface area contributed by atoms with Gasteiger partial charge in [-0.05, 0) is 0 Å². The van der Waals surface area contributed by atoms with Crippen LogP contribution in [0.15, 0.2) is 0 Å². The topological polar surface area (TPSA) is 126 Å². The van der Waals surface area contributed by atoms with Gasteiger partial charge in [-0.1, -0.05) is 0 Å². The van der Waals surface area contributed by atoms with Gasteiger partial charge in [0.15, 0.2) is 0 Å². The molecule has 0 bridgehead atoms. The molecule has 0 radical (unpaired) electrons. The Kier molecular flexibility index (Phi) is 9.10. The van der Waals surface area contributed by atoms with Crippen LogP contribution in [0.5, 0.6) is 0 Å². The summed E-state index contributed by atoms with van der Waals surface area (Å²) in [4.78, 5) is 0. The molecule has 0 saturated carbocycles. The minimum atomic E-state index is -4.92. The molecule has 0 aliphatic carbocycles. The van der Waals surface area contributed by atoms with Gasteiger partial charge in [0, 0.05) is 0 Å². The van der Waals surface area contributed by atoms with Gasteiger partial charge in [0.05, 0.1) is 0 Å². The maximum atomic E-state index is 11.5. The number of unbranched alkanes of at least 4 members (excludes halogenated alkanes) is 2. The van der Waals surface area contributed by atoms with Gasteiger partial charge in [-0.25, -0.2) is 0 Å². The predicted molar refractivity (Wildman–Crippen MR) is 69.5 cm³/mol. The van der Waals surface area contributed by atoms with Crippen molar-refractivity contribution in [3.8, 4) is 0 Å². The Hall–Kier alpha value is 0.0500. The van der Waals surface area contributed by atoms with Gasteiger partial charge >= 0.3 is 111 Å². The van der Waals surface area contributed by atoms with Crippen molar-refractivity contribution in [2.45, 2.75) is 39.5 Å². The molecule has 0 atom stereocenters. The zero-order chi connectivity index (χ0) is 14.8. The van der Waals surface area contributed by atoms with Crippen LogP contribution in [0.4, 0.5) is 0 Å².